The Morgan fingerprint density at radius 2 is 2.04 bits per heavy atom. The van der Waals surface area contributed by atoms with Gasteiger partial charge in [-0.3, -0.25) is 9.48 Å². The number of nitrogens with one attached hydrogen (secondary N) is 1. The largest absolute Gasteiger partial charge is 0.300 e. The minimum Gasteiger partial charge on any atom is -0.300 e. The number of benzene rings is 1. The van der Waals surface area contributed by atoms with E-state index in [1.54, 1.807) is 4.68 Å². The Balaban J connectivity index is 1.80. The van der Waals surface area contributed by atoms with Crippen LogP contribution in [-0.2, 0) is 4.79 Å². The molecule has 7 heteroatoms. The summed E-state index contributed by atoms with van der Waals surface area (Å²) in [4.78, 5) is 18.1. The van der Waals surface area contributed by atoms with Crippen molar-refractivity contribution in [1.82, 2.24) is 14.8 Å². The second kappa shape index (κ2) is 6.98. The van der Waals surface area contributed by atoms with Crippen molar-refractivity contribution in [2.45, 2.75) is 33.7 Å². The molecule has 0 aliphatic rings. The molecule has 0 radical (unpaired) electrons. The number of nitrogens with zero attached hydrogens (tertiary/aromatic N) is 3. The summed E-state index contributed by atoms with van der Waals surface area (Å²) in [5.41, 5.74) is 3.62. The summed E-state index contributed by atoms with van der Waals surface area (Å²) in [6.45, 7) is 7.66. The molecule has 1 atom stereocenters. The second-order valence-electron chi connectivity index (χ2n) is 5.97. The van der Waals surface area contributed by atoms with Crippen molar-refractivity contribution in [1.29, 1.82) is 0 Å². The van der Waals surface area contributed by atoms with Gasteiger partial charge >= 0.3 is 0 Å². The predicted molar refractivity (Wildman–Crippen MR) is 102 cm³/mol. The fourth-order valence-corrected chi connectivity index (χ4v) is 3.74. The zero-order chi connectivity index (χ0) is 18.1. The SMILES string of the molecule is Cc1cc(C)n([C@H](C)C(=O)Nc2nc(-c3cccc(Cl)c3)c(C)s2)n1. The van der Waals surface area contributed by atoms with Crippen molar-refractivity contribution in [2.24, 2.45) is 0 Å². The monoisotopic (exact) mass is 374 g/mol. The number of aryl methyl sites for hydroxylation is 3. The van der Waals surface area contributed by atoms with Crippen LogP contribution < -0.4 is 5.32 Å². The van der Waals surface area contributed by atoms with Crippen molar-refractivity contribution in [3.05, 3.63) is 51.6 Å². The quantitative estimate of drug-likeness (QED) is 0.714. The molecule has 0 bridgehead atoms. The van der Waals surface area contributed by atoms with Crippen LogP contribution in [0.2, 0.25) is 5.02 Å². The number of hydrogen-bond acceptors (Lipinski definition) is 4. The molecule has 1 N–H and O–H groups in total. The molecule has 2 heterocycles. The molecule has 0 spiro atoms. The van der Waals surface area contributed by atoms with E-state index in [2.05, 4.69) is 15.4 Å². The highest BCUT2D eigenvalue weighted by Gasteiger charge is 2.20. The summed E-state index contributed by atoms with van der Waals surface area (Å²) in [5.74, 6) is -0.141. The van der Waals surface area contributed by atoms with Crippen LogP contribution in [0, 0.1) is 20.8 Å². The number of hydrogen-bond donors (Lipinski definition) is 1. The summed E-state index contributed by atoms with van der Waals surface area (Å²) >= 11 is 7.51. The Bertz CT molecular complexity index is 931. The maximum Gasteiger partial charge on any atom is 0.250 e. The highest BCUT2D eigenvalue weighted by molar-refractivity contribution is 7.16. The zero-order valence-corrected chi connectivity index (χ0v) is 16.1. The number of rotatable bonds is 4. The molecule has 5 nitrogen and oxygen atoms in total. The molecule has 0 saturated heterocycles. The highest BCUT2D eigenvalue weighted by Crippen LogP contribution is 2.31. The van der Waals surface area contributed by atoms with E-state index in [0.29, 0.717) is 10.2 Å². The summed E-state index contributed by atoms with van der Waals surface area (Å²) in [5, 5.41) is 8.51. The molecule has 1 amide bonds. The molecule has 3 aromatic rings. The number of thiazole rings is 1. The lowest BCUT2D eigenvalue weighted by Gasteiger charge is -2.13. The van der Waals surface area contributed by atoms with Gasteiger partial charge in [-0.25, -0.2) is 4.98 Å². The van der Waals surface area contributed by atoms with E-state index in [0.717, 1.165) is 27.5 Å². The normalized spacial score (nSPS) is 12.2. The van der Waals surface area contributed by atoms with Gasteiger partial charge in [-0.2, -0.15) is 5.10 Å². The first kappa shape index (κ1) is 17.6. The lowest BCUT2D eigenvalue weighted by molar-refractivity contribution is -0.119. The molecule has 0 aliphatic carbocycles. The molecule has 3 rings (SSSR count). The predicted octanol–water partition coefficient (Wildman–Crippen LogP) is 4.78. The lowest BCUT2D eigenvalue weighted by Crippen LogP contribution is -2.25. The second-order valence-corrected chi connectivity index (χ2v) is 7.61. The Morgan fingerprint density at radius 3 is 2.68 bits per heavy atom. The van der Waals surface area contributed by atoms with Gasteiger partial charge < -0.3 is 5.32 Å². The van der Waals surface area contributed by atoms with E-state index in [9.17, 15) is 4.79 Å². The maximum atomic E-state index is 12.6. The van der Waals surface area contributed by atoms with E-state index in [1.807, 2.05) is 58.0 Å². The molecule has 1 aromatic carbocycles. The third-order valence-corrected chi connectivity index (χ3v) is 5.04. The highest BCUT2D eigenvalue weighted by atomic mass is 35.5. The molecule has 2 aromatic heterocycles. The fourth-order valence-electron chi connectivity index (χ4n) is 2.71. The van der Waals surface area contributed by atoms with E-state index in [1.165, 1.54) is 11.3 Å². The van der Waals surface area contributed by atoms with Crippen LogP contribution in [0.15, 0.2) is 30.3 Å². The molecule has 0 aliphatic heterocycles. The maximum absolute atomic E-state index is 12.6. The van der Waals surface area contributed by atoms with Gasteiger partial charge in [-0.1, -0.05) is 23.7 Å². The van der Waals surface area contributed by atoms with E-state index in [-0.39, 0.29) is 5.91 Å². The summed E-state index contributed by atoms with van der Waals surface area (Å²) in [6, 6.07) is 9.08. The number of halogens is 1. The van der Waals surface area contributed by atoms with Crippen LogP contribution in [0.1, 0.15) is 29.2 Å². The Hall–Kier alpha value is -2.18. The summed E-state index contributed by atoms with van der Waals surface area (Å²) < 4.78 is 1.73. The molecule has 0 unspecified atom stereocenters. The Labute approximate surface area is 155 Å². The third kappa shape index (κ3) is 3.75. The number of carbonyl (C=O) groups is 1. The van der Waals surface area contributed by atoms with Crippen LogP contribution in [0.25, 0.3) is 11.3 Å². The van der Waals surface area contributed by atoms with Gasteiger partial charge in [0.05, 0.1) is 11.4 Å². The molecule has 0 saturated carbocycles. The Morgan fingerprint density at radius 1 is 1.28 bits per heavy atom. The first-order chi connectivity index (χ1) is 11.8. The van der Waals surface area contributed by atoms with Crippen molar-refractivity contribution in [2.75, 3.05) is 5.32 Å². The van der Waals surface area contributed by atoms with Crippen LogP contribution in [0.4, 0.5) is 5.13 Å². The molecule has 130 valence electrons. The van der Waals surface area contributed by atoms with Crippen LogP contribution in [0.3, 0.4) is 0 Å². The van der Waals surface area contributed by atoms with Gasteiger partial charge in [0.25, 0.3) is 5.91 Å². The van der Waals surface area contributed by atoms with Crippen molar-refractivity contribution in [3.63, 3.8) is 0 Å². The zero-order valence-electron chi connectivity index (χ0n) is 14.5. The van der Waals surface area contributed by atoms with E-state index >= 15 is 0 Å². The molecular weight excluding hydrogens is 356 g/mol. The van der Waals surface area contributed by atoms with Crippen LogP contribution in [0.5, 0.6) is 0 Å². The van der Waals surface area contributed by atoms with Gasteiger partial charge in [0, 0.05) is 21.2 Å². The smallest absolute Gasteiger partial charge is 0.250 e. The van der Waals surface area contributed by atoms with Gasteiger partial charge in [0.1, 0.15) is 6.04 Å². The molecular formula is C18H19ClN4OS. The average molecular weight is 375 g/mol. The average Bonchev–Trinajstić information content (AvgIpc) is 3.08. The van der Waals surface area contributed by atoms with Crippen molar-refractivity contribution < 1.29 is 4.79 Å². The van der Waals surface area contributed by atoms with Gasteiger partial charge in [-0.05, 0) is 45.9 Å². The minimum atomic E-state index is -0.410. The number of carbonyl (C=O) groups excluding carboxylic acids is 1. The topological polar surface area (TPSA) is 59.8 Å². The number of amides is 1. The Kier molecular flexibility index (Phi) is 4.92. The van der Waals surface area contributed by atoms with E-state index in [4.69, 9.17) is 11.6 Å². The van der Waals surface area contributed by atoms with Gasteiger partial charge in [0.2, 0.25) is 0 Å². The van der Waals surface area contributed by atoms with Crippen LogP contribution in [-0.4, -0.2) is 20.7 Å². The standard InChI is InChI=1S/C18H19ClN4OS/c1-10-8-11(2)23(22-10)12(3)17(24)21-18-20-16(13(4)25-18)14-6-5-7-15(19)9-14/h5-9,12H,1-4H3,(H,20,21,24)/t12-/m1/s1. The fraction of sp³-hybridized carbons (Fsp3) is 0.278. The first-order valence-electron chi connectivity index (χ1n) is 7.92. The van der Waals surface area contributed by atoms with Gasteiger partial charge in [-0.15, -0.1) is 11.3 Å². The first-order valence-corrected chi connectivity index (χ1v) is 9.11. The van der Waals surface area contributed by atoms with Crippen molar-refractivity contribution in [3.8, 4) is 11.3 Å². The number of aromatic nitrogens is 3. The summed E-state index contributed by atoms with van der Waals surface area (Å²) in [6.07, 6.45) is 0. The van der Waals surface area contributed by atoms with Gasteiger partial charge in [0.15, 0.2) is 5.13 Å². The van der Waals surface area contributed by atoms with Crippen molar-refractivity contribution >= 4 is 34.0 Å². The molecule has 0 fully saturated rings. The minimum absolute atomic E-state index is 0.141. The van der Waals surface area contributed by atoms with Crippen LogP contribution >= 0.6 is 22.9 Å². The molecule has 25 heavy (non-hydrogen) atoms. The van der Waals surface area contributed by atoms with E-state index < -0.39 is 6.04 Å². The number of anilines is 1. The lowest BCUT2D eigenvalue weighted by atomic mass is 10.1. The summed E-state index contributed by atoms with van der Waals surface area (Å²) in [7, 11) is 0. The third-order valence-electron chi connectivity index (χ3n) is 3.92.